The van der Waals surface area contributed by atoms with Gasteiger partial charge in [0.2, 0.25) is 0 Å². The van der Waals surface area contributed by atoms with Crippen LogP contribution in [0.3, 0.4) is 0 Å². The van der Waals surface area contributed by atoms with Crippen LogP contribution in [0.2, 0.25) is 0 Å². The third kappa shape index (κ3) is 3.75. The van der Waals surface area contributed by atoms with Gasteiger partial charge in [0.25, 0.3) is 0 Å². The van der Waals surface area contributed by atoms with Crippen molar-refractivity contribution in [3.05, 3.63) is 11.9 Å². The molecule has 0 aliphatic carbocycles. The van der Waals surface area contributed by atoms with Gasteiger partial charge < -0.3 is 10.2 Å². The molecule has 0 aromatic carbocycles. The number of aromatic nitrogens is 2. The van der Waals surface area contributed by atoms with E-state index in [4.69, 9.17) is 4.98 Å². The van der Waals surface area contributed by atoms with Gasteiger partial charge in [0.1, 0.15) is 17.5 Å². The van der Waals surface area contributed by atoms with Gasteiger partial charge >= 0.3 is 0 Å². The molecule has 1 aliphatic heterocycles. The third-order valence-corrected chi connectivity index (χ3v) is 4.46. The highest BCUT2D eigenvalue weighted by Crippen LogP contribution is 2.28. The summed E-state index contributed by atoms with van der Waals surface area (Å²) in [5, 5.41) is 4.46. The molecule has 2 unspecified atom stereocenters. The molecule has 2 atom stereocenters. The maximum absolute atomic E-state index is 4.73. The number of nitrogens with one attached hydrogen (secondary N) is 1. The molecule has 1 aromatic rings. The molecular formula is C14H24N4S. The Bertz CT molecular complexity index is 414. The topological polar surface area (TPSA) is 41.1 Å². The molecular weight excluding hydrogens is 256 g/mol. The first-order chi connectivity index (χ1) is 9.12. The molecule has 1 aliphatic rings. The Hall–Kier alpha value is -0.970. The molecule has 1 saturated heterocycles. The van der Waals surface area contributed by atoms with Gasteiger partial charge in [-0.05, 0) is 6.42 Å². The first-order valence-electron chi connectivity index (χ1n) is 7.08. The van der Waals surface area contributed by atoms with Crippen molar-refractivity contribution in [2.75, 3.05) is 30.4 Å². The number of nitrogens with zero attached hydrogens (tertiary/aromatic N) is 3. The van der Waals surface area contributed by atoms with Gasteiger partial charge in [0.15, 0.2) is 0 Å². The lowest BCUT2D eigenvalue weighted by molar-refractivity contribution is 0.710. The van der Waals surface area contributed by atoms with Gasteiger partial charge in [0.05, 0.1) is 0 Å². The lowest BCUT2D eigenvalue weighted by Gasteiger charge is -2.35. The molecule has 106 valence electrons. The zero-order chi connectivity index (χ0) is 13.8. The van der Waals surface area contributed by atoms with Crippen LogP contribution in [0.5, 0.6) is 0 Å². The molecule has 1 N–H and O–H groups in total. The fraction of sp³-hybridized carbons (Fsp3) is 0.714. The molecule has 2 heterocycles. The van der Waals surface area contributed by atoms with Crippen molar-refractivity contribution in [1.82, 2.24) is 9.97 Å². The Morgan fingerprint density at radius 3 is 2.58 bits per heavy atom. The van der Waals surface area contributed by atoms with Gasteiger partial charge in [-0.15, -0.1) is 0 Å². The van der Waals surface area contributed by atoms with E-state index >= 15 is 0 Å². The van der Waals surface area contributed by atoms with Gasteiger partial charge in [-0.2, -0.15) is 11.8 Å². The molecule has 0 radical (unpaired) electrons. The van der Waals surface area contributed by atoms with Crippen molar-refractivity contribution in [2.24, 2.45) is 0 Å². The summed E-state index contributed by atoms with van der Waals surface area (Å²) in [5.74, 6) is 2.94. The van der Waals surface area contributed by atoms with E-state index < -0.39 is 0 Å². The van der Waals surface area contributed by atoms with Crippen LogP contribution in [0.4, 0.5) is 11.6 Å². The van der Waals surface area contributed by atoms with Crippen LogP contribution in [0.1, 0.15) is 33.0 Å². The smallest absolute Gasteiger partial charge is 0.134 e. The van der Waals surface area contributed by atoms with Crippen LogP contribution in [-0.4, -0.2) is 40.6 Å². The minimum Gasteiger partial charge on any atom is -0.373 e. The quantitative estimate of drug-likeness (QED) is 0.918. The number of thioether (sulfide) groups is 1. The molecule has 0 amide bonds. The second-order valence-corrected chi connectivity index (χ2v) is 7.07. The first kappa shape index (κ1) is 14.4. The number of aryl methyl sites for hydroxylation is 1. The summed E-state index contributed by atoms with van der Waals surface area (Å²) in [7, 11) is 1.92. The monoisotopic (exact) mass is 280 g/mol. The first-order valence-corrected chi connectivity index (χ1v) is 8.02. The SMILES string of the molecule is CCCc1nc(NC)cc(N2CC(C)SC(C)C2)n1. The second-order valence-electron chi connectivity index (χ2n) is 5.19. The number of rotatable bonds is 4. The predicted octanol–water partition coefficient (Wildman–Crippen LogP) is 2.80. The van der Waals surface area contributed by atoms with E-state index in [1.807, 2.05) is 7.05 Å². The average Bonchev–Trinajstić information content (AvgIpc) is 2.37. The van der Waals surface area contributed by atoms with Gasteiger partial charge in [-0.3, -0.25) is 0 Å². The Balaban J connectivity index is 2.24. The Kier molecular flexibility index (Phi) is 4.91. The molecule has 0 bridgehead atoms. The zero-order valence-electron chi connectivity index (χ0n) is 12.3. The molecule has 2 rings (SSSR count). The van der Waals surface area contributed by atoms with Crippen LogP contribution in [0.25, 0.3) is 0 Å². The highest BCUT2D eigenvalue weighted by Gasteiger charge is 2.23. The van der Waals surface area contributed by atoms with Crippen LogP contribution in [0.15, 0.2) is 6.07 Å². The molecule has 5 heteroatoms. The van der Waals surface area contributed by atoms with Crippen LogP contribution in [0, 0.1) is 0 Å². The van der Waals surface area contributed by atoms with Gasteiger partial charge in [0, 0.05) is 43.1 Å². The summed E-state index contributed by atoms with van der Waals surface area (Å²) in [6, 6.07) is 2.06. The van der Waals surface area contributed by atoms with E-state index in [1.54, 1.807) is 0 Å². The molecule has 19 heavy (non-hydrogen) atoms. The maximum atomic E-state index is 4.73. The van der Waals surface area contributed by atoms with Gasteiger partial charge in [-0.25, -0.2) is 9.97 Å². The van der Waals surface area contributed by atoms with Crippen molar-refractivity contribution in [2.45, 2.75) is 44.1 Å². The molecule has 0 spiro atoms. The average molecular weight is 280 g/mol. The van der Waals surface area contributed by atoms with Crippen molar-refractivity contribution in [3.63, 3.8) is 0 Å². The van der Waals surface area contributed by atoms with Crippen LogP contribution >= 0.6 is 11.8 Å². The fourth-order valence-electron chi connectivity index (χ4n) is 2.47. The fourth-order valence-corrected chi connectivity index (χ4v) is 3.80. The maximum Gasteiger partial charge on any atom is 0.134 e. The Labute approximate surface area is 120 Å². The molecule has 1 fully saturated rings. The highest BCUT2D eigenvalue weighted by molar-refractivity contribution is 8.00. The minimum atomic E-state index is 0.659. The largest absolute Gasteiger partial charge is 0.373 e. The van der Waals surface area contributed by atoms with Crippen molar-refractivity contribution >= 4 is 23.4 Å². The normalized spacial score (nSPS) is 23.5. The summed E-state index contributed by atoms with van der Waals surface area (Å²) in [6.07, 6.45) is 2.02. The lowest BCUT2D eigenvalue weighted by atomic mass is 10.3. The van der Waals surface area contributed by atoms with Crippen LogP contribution < -0.4 is 10.2 Å². The summed E-state index contributed by atoms with van der Waals surface area (Å²) < 4.78 is 0. The van der Waals surface area contributed by atoms with Crippen molar-refractivity contribution in [3.8, 4) is 0 Å². The van der Waals surface area contributed by atoms with E-state index in [1.165, 1.54) is 0 Å². The number of hydrogen-bond acceptors (Lipinski definition) is 5. The lowest BCUT2D eigenvalue weighted by Crippen LogP contribution is -2.41. The summed E-state index contributed by atoms with van der Waals surface area (Å²) in [4.78, 5) is 11.6. The second kappa shape index (κ2) is 6.46. The predicted molar refractivity (Wildman–Crippen MR) is 84.3 cm³/mol. The summed E-state index contributed by atoms with van der Waals surface area (Å²) in [6.45, 7) is 8.89. The van der Waals surface area contributed by atoms with Crippen LogP contribution in [-0.2, 0) is 6.42 Å². The molecule has 0 saturated carbocycles. The van der Waals surface area contributed by atoms with Crippen molar-refractivity contribution < 1.29 is 0 Å². The zero-order valence-corrected chi connectivity index (χ0v) is 13.1. The van der Waals surface area contributed by atoms with E-state index in [0.717, 1.165) is 43.4 Å². The van der Waals surface area contributed by atoms with E-state index in [-0.39, 0.29) is 0 Å². The van der Waals surface area contributed by atoms with Crippen molar-refractivity contribution in [1.29, 1.82) is 0 Å². The number of anilines is 2. The van der Waals surface area contributed by atoms with E-state index in [9.17, 15) is 0 Å². The van der Waals surface area contributed by atoms with E-state index in [0.29, 0.717) is 10.5 Å². The minimum absolute atomic E-state index is 0.659. The number of hydrogen-bond donors (Lipinski definition) is 1. The van der Waals surface area contributed by atoms with E-state index in [2.05, 4.69) is 53.8 Å². The third-order valence-electron chi connectivity index (χ3n) is 3.23. The Morgan fingerprint density at radius 2 is 2.00 bits per heavy atom. The summed E-state index contributed by atoms with van der Waals surface area (Å²) in [5.41, 5.74) is 0. The molecule has 4 nitrogen and oxygen atoms in total. The highest BCUT2D eigenvalue weighted by atomic mass is 32.2. The Morgan fingerprint density at radius 1 is 1.32 bits per heavy atom. The molecule has 1 aromatic heterocycles. The standard InChI is InChI=1S/C14H24N4S/c1-5-6-12-16-13(15-4)7-14(17-12)18-8-10(2)19-11(3)9-18/h7,10-11H,5-6,8-9H2,1-4H3,(H,15,16,17). The summed E-state index contributed by atoms with van der Waals surface area (Å²) >= 11 is 2.06. The van der Waals surface area contributed by atoms with Gasteiger partial charge in [-0.1, -0.05) is 20.8 Å².